The van der Waals surface area contributed by atoms with Gasteiger partial charge in [0.2, 0.25) is 5.91 Å². The topological polar surface area (TPSA) is 72.4 Å². The first kappa shape index (κ1) is 11.9. The van der Waals surface area contributed by atoms with Gasteiger partial charge in [0.25, 0.3) is 11.9 Å². The molecule has 0 saturated carbocycles. The van der Waals surface area contributed by atoms with E-state index in [-0.39, 0.29) is 19.0 Å². The minimum absolute atomic E-state index is 0.147. The third-order valence-electron chi connectivity index (χ3n) is 3.10. The predicted molar refractivity (Wildman–Crippen MR) is 64.3 cm³/mol. The Kier molecular flexibility index (Phi) is 2.44. The summed E-state index contributed by atoms with van der Waals surface area (Å²) in [4.78, 5) is 16.6. The van der Waals surface area contributed by atoms with Crippen molar-refractivity contribution in [2.24, 2.45) is 5.73 Å². The SMILES string of the molecule is NC(=O)c1ccc2oc(N3CCC(F)(F)C3)nc2c1. The van der Waals surface area contributed by atoms with Gasteiger partial charge < -0.3 is 15.1 Å². The number of alkyl halides is 2. The molecule has 1 aromatic heterocycles. The van der Waals surface area contributed by atoms with Crippen molar-refractivity contribution in [1.82, 2.24) is 4.98 Å². The molecule has 0 spiro atoms. The van der Waals surface area contributed by atoms with Gasteiger partial charge in [-0.3, -0.25) is 4.79 Å². The molecule has 0 atom stereocenters. The number of nitrogens with zero attached hydrogens (tertiary/aromatic N) is 2. The molecule has 0 radical (unpaired) electrons. The number of carbonyl (C=O) groups excluding carboxylic acids is 1. The van der Waals surface area contributed by atoms with E-state index in [1.807, 2.05) is 0 Å². The van der Waals surface area contributed by atoms with Crippen molar-refractivity contribution in [2.45, 2.75) is 12.3 Å². The summed E-state index contributed by atoms with van der Waals surface area (Å²) < 4.78 is 31.7. The van der Waals surface area contributed by atoms with Crippen LogP contribution in [0.2, 0.25) is 0 Å². The molecule has 100 valence electrons. The summed E-state index contributed by atoms with van der Waals surface area (Å²) in [5, 5.41) is 0. The maximum absolute atomic E-state index is 13.1. The van der Waals surface area contributed by atoms with Gasteiger partial charge in [0.05, 0.1) is 6.54 Å². The second-order valence-electron chi connectivity index (χ2n) is 4.57. The van der Waals surface area contributed by atoms with Crippen LogP contribution in [0, 0.1) is 0 Å². The molecule has 3 rings (SSSR count). The largest absolute Gasteiger partial charge is 0.423 e. The molecule has 0 aliphatic carbocycles. The summed E-state index contributed by atoms with van der Waals surface area (Å²) in [7, 11) is 0. The van der Waals surface area contributed by atoms with Crippen LogP contribution in [-0.2, 0) is 0 Å². The van der Waals surface area contributed by atoms with Crippen LogP contribution in [0.1, 0.15) is 16.8 Å². The van der Waals surface area contributed by atoms with Gasteiger partial charge in [-0.1, -0.05) is 0 Å². The summed E-state index contributed by atoms with van der Waals surface area (Å²) in [6.45, 7) is -0.203. The quantitative estimate of drug-likeness (QED) is 0.900. The Balaban J connectivity index is 1.96. The highest BCUT2D eigenvalue weighted by molar-refractivity contribution is 5.96. The summed E-state index contributed by atoms with van der Waals surface area (Å²) in [6.07, 6.45) is -0.210. The molecule has 1 aromatic carbocycles. The zero-order valence-electron chi connectivity index (χ0n) is 9.90. The molecule has 2 aromatic rings. The number of amides is 1. The molecule has 5 nitrogen and oxygen atoms in total. The lowest BCUT2D eigenvalue weighted by Crippen LogP contribution is -2.24. The average molecular weight is 267 g/mol. The number of halogens is 2. The van der Waals surface area contributed by atoms with Crippen LogP contribution >= 0.6 is 0 Å². The number of carbonyl (C=O) groups is 1. The second kappa shape index (κ2) is 3.91. The first-order chi connectivity index (χ1) is 8.94. The standard InChI is InChI=1S/C12H11F2N3O2/c13-12(14)3-4-17(6-12)11-16-8-5-7(10(15)18)1-2-9(8)19-11/h1-2,5H,3-4,6H2,(H2,15,18). The third-order valence-corrected chi connectivity index (χ3v) is 3.10. The van der Waals surface area contributed by atoms with E-state index in [0.717, 1.165) is 0 Å². The van der Waals surface area contributed by atoms with E-state index < -0.39 is 18.4 Å². The number of fused-ring (bicyclic) bond motifs is 1. The van der Waals surface area contributed by atoms with E-state index in [1.165, 1.54) is 17.0 Å². The fourth-order valence-electron chi connectivity index (χ4n) is 2.10. The molecule has 1 aliphatic rings. The van der Waals surface area contributed by atoms with Crippen molar-refractivity contribution in [2.75, 3.05) is 18.0 Å². The van der Waals surface area contributed by atoms with E-state index in [9.17, 15) is 13.6 Å². The summed E-state index contributed by atoms with van der Waals surface area (Å²) in [6, 6.07) is 4.70. The fourth-order valence-corrected chi connectivity index (χ4v) is 2.10. The number of hydrogen-bond acceptors (Lipinski definition) is 4. The molecule has 1 amide bonds. The lowest BCUT2D eigenvalue weighted by Gasteiger charge is -2.12. The zero-order chi connectivity index (χ0) is 13.6. The Bertz CT molecular complexity index is 653. The molecule has 19 heavy (non-hydrogen) atoms. The fraction of sp³-hybridized carbons (Fsp3) is 0.333. The first-order valence-corrected chi connectivity index (χ1v) is 5.78. The van der Waals surface area contributed by atoms with E-state index in [1.54, 1.807) is 6.07 Å². The Hall–Kier alpha value is -2.18. The Morgan fingerprint density at radius 1 is 1.47 bits per heavy atom. The molecule has 2 N–H and O–H groups in total. The number of aromatic nitrogens is 1. The Morgan fingerprint density at radius 2 is 2.26 bits per heavy atom. The predicted octanol–water partition coefficient (Wildman–Crippen LogP) is 1.77. The highest BCUT2D eigenvalue weighted by atomic mass is 19.3. The Labute approximate surface area is 107 Å². The van der Waals surface area contributed by atoms with Gasteiger partial charge >= 0.3 is 0 Å². The molecule has 1 aliphatic heterocycles. The molecule has 1 saturated heterocycles. The molecular formula is C12H11F2N3O2. The van der Waals surface area contributed by atoms with Crippen LogP contribution in [0.15, 0.2) is 22.6 Å². The number of anilines is 1. The van der Waals surface area contributed by atoms with Crippen molar-refractivity contribution in [3.63, 3.8) is 0 Å². The van der Waals surface area contributed by atoms with Crippen LogP contribution < -0.4 is 10.6 Å². The molecular weight excluding hydrogens is 256 g/mol. The first-order valence-electron chi connectivity index (χ1n) is 5.78. The van der Waals surface area contributed by atoms with Crippen molar-refractivity contribution in [1.29, 1.82) is 0 Å². The highest BCUT2D eigenvalue weighted by Crippen LogP contribution is 2.32. The van der Waals surface area contributed by atoms with E-state index >= 15 is 0 Å². The maximum Gasteiger partial charge on any atom is 0.298 e. The van der Waals surface area contributed by atoms with Crippen LogP contribution in [0.5, 0.6) is 0 Å². The van der Waals surface area contributed by atoms with Gasteiger partial charge in [-0.15, -0.1) is 0 Å². The molecule has 7 heteroatoms. The van der Waals surface area contributed by atoms with Crippen molar-refractivity contribution in [3.05, 3.63) is 23.8 Å². The number of nitrogens with two attached hydrogens (primary N) is 1. The van der Waals surface area contributed by atoms with Crippen LogP contribution in [0.3, 0.4) is 0 Å². The Morgan fingerprint density at radius 3 is 2.89 bits per heavy atom. The van der Waals surface area contributed by atoms with Gasteiger partial charge in [0, 0.05) is 18.5 Å². The lowest BCUT2D eigenvalue weighted by atomic mass is 10.2. The van der Waals surface area contributed by atoms with E-state index in [2.05, 4.69) is 4.98 Å². The highest BCUT2D eigenvalue weighted by Gasteiger charge is 2.40. The van der Waals surface area contributed by atoms with Crippen LogP contribution in [-0.4, -0.2) is 29.9 Å². The minimum atomic E-state index is -2.71. The molecule has 0 unspecified atom stereocenters. The number of hydrogen-bond donors (Lipinski definition) is 1. The van der Waals surface area contributed by atoms with E-state index in [0.29, 0.717) is 16.7 Å². The van der Waals surface area contributed by atoms with Gasteiger partial charge in [0.1, 0.15) is 5.52 Å². The molecule has 0 bridgehead atoms. The number of benzene rings is 1. The molecule has 2 heterocycles. The third kappa shape index (κ3) is 2.11. The van der Waals surface area contributed by atoms with Crippen molar-refractivity contribution in [3.8, 4) is 0 Å². The van der Waals surface area contributed by atoms with Crippen molar-refractivity contribution < 1.29 is 18.0 Å². The number of primary amides is 1. The van der Waals surface area contributed by atoms with E-state index in [4.69, 9.17) is 10.2 Å². The van der Waals surface area contributed by atoms with Gasteiger partial charge in [0.15, 0.2) is 5.58 Å². The van der Waals surface area contributed by atoms with Gasteiger partial charge in [-0.25, -0.2) is 8.78 Å². The summed E-state index contributed by atoms with van der Waals surface area (Å²) >= 11 is 0. The lowest BCUT2D eigenvalue weighted by molar-refractivity contribution is 0.0254. The summed E-state index contributed by atoms with van der Waals surface area (Å²) in [5.41, 5.74) is 6.34. The average Bonchev–Trinajstić information content (AvgIpc) is 2.90. The number of oxazole rings is 1. The van der Waals surface area contributed by atoms with Crippen LogP contribution in [0.25, 0.3) is 11.1 Å². The van der Waals surface area contributed by atoms with Gasteiger partial charge in [-0.2, -0.15) is 4.98 Å². The van der Waals surface area contributed by atoms with Crippen molar-refractivity contribution >= 4 is 23.0 Å². The normalized spacial score (nSPS) is 18.1. The zero-order valence-corrected chi connectivity index (χ0v) is 9.90. The second-order valence-corrected chi connectivity index (χ2v) is 4.57. The van der Waals surface area contributed by atoms with Gasteiger partial charge in [-0.05, 0) is 18.2 Å². The number of rotatable bonds is 2. The maximum atomic E-state index is 13.1. The van der Waals surface area contributed by atoms with Crippen LogP contribution in [0.4, 0.5) is 14.8 Å². The minimum Gasteiger partial charge on any atom is -0.423 e. The summed E-state index contributed by atoms with van der Waals surface area (Å²) in [5.74, 6) is -3.28. The smallest absolute Gasteiger partial charge is 0.298 e. The molecule has 1 fully saturated rings. The monoisotopic (exact) mass is 267 g/mol.